The molecule has 0 fully saturated rings. The summed E-state index contributed by atoms with van der Waals surface area (Å²) in [6.07, 6.45) is 0. The first-order chi connectivity index (χ1) is 7.56. The summed E-state index contributed by atoms with van der Waals surface area (Å²) >= 11 is 9.60. The van der Waals surface area contributed by atoms with Crippen molar-refractivity contribution < 1.29 is 4.39 Å². The van der Waals surface area contributed by atoms with E-state index in [0.717, 1.165) is 0 Å². The molecule has 1 aromatic carbocycles. The van der Waals surface area contributed by atoms with Crippen LogP contribution in [-0.2, 0) is 6.54 Å². The van der Waals surface area contributed by atoms with Gasteiger partial charge in [-0.15, -0.1) is 5.10 Å². The normalized spacial score (nSPS) is 10.8. The fourth-order valence-electron chi connectivity index (χ4n) is 1.21. The molecule has 0 spiro atoms. The van der Waals surface area contributed by atoms with Crippen LogP contribution in [0.3, 0.4) is 0 Å². The second-order valence-corrected chi connectivity index (χ2v) is 5.38. The predicted molar refractivity (Wildman–Crippen MR) is 68.6 cm³/mol. The van der Waals surface area contributed by atoms with E-state index in [1.54, 1.807) is 16.8 Å². The van der Waals surface area contributed by atoms with E-state index in [-0.39, 0.29) is 5.82 Å². The van der Waals surface area contributed by atoms with Gasteiger partial charge in [0, 0.05) is 10.0 Å². The highest BCUT2D eigenvalue weighted by Gasteiger charge is 2.09. The van der Waals surface area contributed by atoms with Gasteiger partial charge in [0.25, 0.3) is 0 Å². The third kappa shape index (κ3) is 2.70. The lowest BCUT2D eigenvalue weighted by Gasteiger charge is -2.04. The summed E-state index contributed by atoms with van der Waals surface area (Å²) in [6, 6.07) is 4.93. The van der Waals surface area contributed by atoms with Gasteiger partial charge in [0.15, 0.2) is 4.73 Å². The third-order valence-corrected chi connectivity index (χ3v) is 3.35. The molecule has 0 saturated carbocycles. The van der Waals surface area contributed by atoms with Crippen LogP contribution in [0.4, 0.5) is 4.39 Å². The molecule has 1 aromatic heterocycles. The van der Waals surface area contributed by atoms with Gasteiger partial charge in [0.05, 0.1) is 6.54 Å². The smallest absolute Gasteiger partial charge is 0.218 e. The van der Waals surface area contributed by atoms with Crippen LogP contribution in [0, 0.1) is 5.82 Å². The minimum atomic E-state index is -0.270. The summed E-state index contributed by atoms with van der Waals surface area (Å²) in [5, 5.41) is 4.07. The first kappa shape index (κ1) is 12.2. The van der Waals surface area contributed by atoms with Gasteiger partial charge in [-0.2, -0.15) is 4.98 Å². The number of hydrogen-bond donors (Lipinski definition) is 0. The van der Waals surface area contributed by atoms with Crippen LogP contribution in [-0.4, -0.2) is 14.8 Å². The van der Waals surface area contributed by atoms with Crippen molar-refractivity contribution in [1.29, 1.82) is 0 Å². The Kier molecular flexibility index (Phi) is 3.76. The van der Waals surface area contributed by atoms with Gasteiger partial charge in [-0.3, -0.25) is 0 Å². The Balaban J connectivity index is 2.30. The van der Waals surface area contributed by atoms with Crippen LogP contribution < -0.4 is 0 Å². The molecular formula is C9H5Br3FN3. The highest BCUT2D eigenvalue weighted by Crippen LogP contribution is 2.18. The topological polar surface area (TPSA) is 30.7 Å². The Morgan fingerprint density at radius 1 is 1.25 bits per heavy atom. The second kappa shape index (κ2) is 4.93. The summed E-state index contributed by atoms with van der Waals surface area (Å²) in [5.74, 6) is -0.270. The Labute approximate surface area is 116 Å². The average Bonchev–Trinajstić information content (AvgIpc) is 2.50. The monoisotopic (exact) mass is 411 g/mol. The van der Waals surface area contributed by atoms with E-state index in [9.17, 15) is 4.39 Å². The van der Waals surface area contributed by atoms with Gasteiger partial charge in [-0.25, -0.2) is 9.07 Å². The van der Waals surface area contributed by atoms with E-state index >= 15 is 0 Å². The Hall–Kier alpha value is -0.270. The molecule has 2 rings (SSSR count). The number of aromatic nitrogens is 3. The molecule has 3 nitrogen and oxygen atoms in total. The lowest BCUT2D eigenvalue weighted by molar-refractivity contribution is 0.579. The largest absolute Gasteiger partial charge is 0.235 e. The number of benzene rings is 1. The van der Waals surface area contributed by atoms with E-state index in [1.165, 1.54) is 6.07 Å². The van der Waals surface area contributed by atoms with Gasteiger partial charge in [-0.05, 0) is 44.0 Å². The zero-order valence-corrected chi connectivity index (χ0v) is 12.6. The fraction of sp³-hybridized carbons (Fsp3) is 0.111. The summed E-state index contributed by atoms with van der Waals surface area (Å²) in [6.45, 7) is 0.332. The lowest BCUT2D eigenvalue weighted by Crippen LogP contribution is -2.04. The molecule has 1 heterocycles. The molecule has 16 heavy (non-hydrogen) atoms. The standard InChI is InChI=1S/C9H5Br3FN3/c10-6-2-1-5(7(13)3-6)4-16-9(12)14-8(11)15-16/h1-3H,4H2. The van der Waals surface area contributed by atoms with Gasteiger partial charge in [0.1, 0.15) is 5.82 Å². The van der Waals surface area contributed by atoms with Crippen LogP contribution in [0.1, 0.15) is 5.56 Å². The maximum Gasteiger partial charge on any atom is 0.218 e. The Bertz CT molecular complexity index is 527. The summed E-state index contributed by atoms with van der Waals surface area (Å²) < 4.78 is 16.9. The van der Waals surface area contributed by atoms with Crippen molar-refractivity contribution in [1.82, 2.24) is 14.8 Å². The van der Waals surface area contributed by atoms with E-state index in [1.807, 2.05) is 0 Å². The molecule has 0 aliphatic rings. The number of rotatable bonds is 2. The minimum Gasteiger partial charge on any atom is -0.235 e. The molecule has 0 saturated heterocycles. The van der Waals surface area contributed by atoms with Gasteiger partial charge in [0.2, 0.25) is 4.73 Å². The van der Waals surface area contributed by atoms with Gasteiger partial charge < -0.3 is 0 Å². The molecule has 7 heteroatoms. The Morgan fingerprint density at radius 3 is 2.56 bits per heavy atom. The second-order valence-electron chi connectivity index (χ2n) is 3.04. The van der Waals surface area contributed by atoms with Gasteiger partial charge >= 0.3 is 0 Å². The molecule has 0 amide bonds. The van der Waals surface area contributed by atoms with Crippen molar-refractivity contribution in [2.75, 3.05) is 0 Å². The van der Waals surface area contributed by atoms with Crippen molar-refractivity contribution in [2.24, 2.45) is 0 Å². The van der Waals surface area contributed by atoms with Gasteiger partial charge in [-0.1, -0.05) is 22.0 Å². The molecule has 0 unspecified atom stereocenters. The van der Waals surface area contributed by atoms with Crippen molar-refractivity contribution in [3.05, 3.63) is 43.5 Å². The predicted octanol–water partition coefficient (Wildman–Crippen LogP) is 3.75. The minimum absolute atomic E-state index is 0.270. The fourth-order valence-corrected chi connectivity index (χ4v) is 2.51. The number of halogens is 4. The average molecular weight is 414 g/mol. The van der Waals surface area contributed by atoms with Crippen molar-refractivity contribution in [3.8, 4) is 0 Å². The summed E-state index contributed by atoms with van der Waals surface area (Å²) in [7, 11) is 0. The van der Waals surface area contributed by atoms with Crippen LogP contribution in [0.25, 0.3) is 0 Å². The zero-order chi connectivity index (χ0) is 11.7. The first-order valence-electron chi connectivity index (χ1n) is 4.26. The molecule has 0 atom stereocenters. The van der Waals surface area contributed by atoms with E-state index < -0.39 is 0 Å². The summed E-state index contributed by atoms with van der Waals surface area (Å²) in [5.41, 5.74) is 0.557. The van der Waals surface area contributed by atoms with Crippen molar-refractivity contribution >= 4 is 47.8 Å². The van der Waals surface area contributed by atoms with E-state index in [4.69, 9.17) is 0 Å². The summed E-state index contributed by atoms with van der Waals surface area (Å²) in [4.78, 5) is 4.01. The maximum absolute atomic E-state index is 13.6. The highest BCUT2D eigenvalue weighted by atomic mass is 79.9. The van der Waals surface area contributed by atoms with E-state index in [0.29, 0.717) is 26.0 Å². The maximum atomic E-state index is 13.6. The van der Waals surface area contributed by atoms with E-state index in [2.05, 4.69) is 57.9 Å². The van der Waals surface area contributed by atoms with Crippen molar-refractivity contribution in [3.63, 3.8) is 0 Å². The molecule has 84 valence electrons. The molecule has 0 bridgehead atoms. The van der Waals surface area contributed by atoms with Crippen LogP contribution in [0.2, 0.25) is 0 Å². The Morgan fingerprint density at radius 2 is 2.00 bits per heavy atom. The molecule has 0 aliphatic heterocycles. The van der Waals surface area contributed by atoms with Crippen molar-refractivity contribution in [2.45, 2.75) is 6.54 Å². The molecule has 0 radical (unpaired) electrons. The lowest BCUT2D eigenvalue weighted by atomic mass is 10.2. The number of hydrogen-bond acceptors (Lipinski definition) is 2. The third-order valence-electron chi connectivity index (χ3n) is 1.94. The molecule has 2 aromatic rings. The SMILES string of the molecule is Fc1cc(Br)ccc1Cn1nc(Br)nc1Br. The molecule has 0 N–H and O–H groups in total. The molecular weight excluding hydrogens is 409 g/mol. The molecule has 0 aliphatic carbocycles. The number of nitrogens with zero attached hydrogens (tertiary/aromatic N) is 3. The zero-order valence-electron chi connectivity index (χ0n) is 7.79. The van der Waals surface area contributed by atoms with Crippen LogP contribution in [0.15, 0.2) is 32.1 Å². The van der Waals surface area contributed by atoms with Crippen LogP contribution in [0.5, 0.6) is 0 Å². The first-order valence-corrected chi connectivity index (χ1v) is 6.64. The van der Waals surface area contributed by atoms with Crippen LogP contribution >= 0.6 is 47.8 Å². The quantitative estimate of drug-likeness (QED) is 0.750. The highest BCUT2D eigenvalue weighted by molar-refractivity contribution is 9.11.